The van der Waals surface area contributed by atoms with Crippen molar-refractivity contribution in [3.05, 3.63) is 58.1 Å². The number of carbonyl (C=O) groups excluding carboxylic acids is 1. The van der Waals surface area contributed by atoms with Gasteiger partial charge in [-0.2, -0.15) is 0 Å². The quantitative estimate of drug-likeness (QED) is 0.763. The van der Waals surface area contributed by atoms with Gasteiger partial charge in [-0.1, -0.05) is 37.0 Å². The summed E-state index contributed by atoms with van der Waals surface area (Å²) in [5, 5.41) is 3.23. The molecule has 0 heterocycles. The number of hydrogen-bond acceptors (Lipinski definition) is 3. The Balaban J connectivity index is 2.12. The van der Waals surface area contributed by atoms with Gasteiger partial charge in [0.2, 0.25) is 0 Å². The van der Waals surface area contributed by atoms with Crippen LogP contribution >= 0.6 is 23.2 Å². The second kappa shape index (κ2) is 8.08. The highest BCUT2D eigenvalue weighted by Crippen LogP contribution is 2.26. The molecule has 134 valence electrons. The maximum atomic E-state index is 12.4. The van der Waals surface area contributed by atoms with Crippen LogP contribution in [-0.2, 0) is 10.0 Å². The third-order valence-corrected chi connectivity index (χ3v) is 5.39. The van der Waals surface area contributed by atoms with E-state index in [4.69, 9.17) is 23.2 Å². The minimum atomic E-state index is -3.80. The van der Waals surface area contributed by atoms with Gasteiger partial charge in [-0.15, -0.1) is 0 Å². The van der Waals surface area contributed by atoms with Gasteiger partial charge in [-0.05, 0) is 48.4 Å². The van der Waals surface area contributed by atoms with Crippen molar-refractivity contribution < 1.29 is 13.2 Å². The number of benzene rings is 2. The van der Waals surface area contributed by atoms with Crippen molar-refractivity contribution >= 4 is 44.8 Å². The molecule has 25 heavy (non-hydrogen) atoms. The molecule has 8 heteroatoms. The smallest absolute Gasteiger partial charge is 0.261 e. The summed E-state index contributed by atoms with van der Waals surface area (Å²) >= 11 is 11.7. The largest absolute Gasteiger partial charge is 0.352 e. The maximum absolute atomic E-state index is 12.4. The molecule has 0 aliphatic heterocycles. The summed E-state index contributed by atoms with van der Waals surface area (Å²) in [4.78, 5) is 12.0. The summed E-state index contributed by atoms with van der Waals surface area (Å²) in [6.07, 6.45) is 0. The minimum Gasteiger partial charge on any atom is -0.352 e. The number of hydrogen-bond donors (Lipinski definition) is 2. The fraction of sp³-hybridized carbons (Fsp3) is 0.235. The van der Waals surface area contributed by atoms with Crippen LogP contribution in [0.4, 0.5) is 5.69 Å². The molecule has 0 unspecified atom stereocenters. The number of sulfonamides is 1. The van der Waals surface area contributed by atoms with Crippen LogP contribution in [0, 0.1) is 5.92 Å². The average Bonchev–Trinajstić information content (AvgIpc) is 2.55. The molecule has 0 radical (unpaired) electrons. The molecular weight excluding hydrogens is 383 g/mol. The highest BCUT2D eigenvalue weighted by atomic mass is 35.5. The Kier molecular flexibility index (Phi) is 6.32. The molecule has 0 aliphatic carbocycles. The van der Waals surface area contributed by atoms with E-state index < -0.39 is 10.0 Å². The monoisotopic (exact) mass is 400 g/mol. The van der Waals surface area contributed by atoms with Crippen molar-refractivity contribution in [3.63, 3.8) is 0 Å². The molecule has 2 aromatic rings. The number of anilines is 1. The number of halogens is 2. The lowest BCUT2D eigenvalue weighted by atomic mass is 10.2. The number of nitrogens with one attached hydrogen (secondary N) is 2. The lowest BCUT2D eigenvalue weighted by Gasteiger charge is -2.10. The molecular formula is C17H18Cl2N2O3S. The third-order valence-electron chi connectivity index (χ3n) is 3.27. The zero-order valence-corrected chi connectivity index (χ0v) is 16.0. The van der Waals surface area contributed by atoms with Gasteiger partial charge in [0.15, 0.2) is 0 Å². The molecule has 0 saturated carbocycles. The van der Waals surface area contributed by atoms with E-state index in [1.165, 1.54) is 30.3 Å². The SMILES string of the molecule is CC(C)CNC(=O)c1ccc(NS(=O)(=O)c2ccc(Cl)c(Cl)c2)cc1. The lowest BCUT2D eigenvalue weighted by molar-refractivity contribution is 0.0949. The van der Waals surface area contributed by atoms with Crippen molar-refractivity contribution in [2.24, 2.45) is 5.92 Å². The van der Waals surface area contributed by atoms with Crippen LogP contribution in [0.3, 0.4) is 0 Å². The summed E-state index contributed by atoms with van der Waals surface area (Å²) in [7, 11) is -3.80. The predicted molar refractivity (Wildman–Crippen MR) is 101 cm³/mol. The summed E-state index contributed by atoms with van der Waals surface area (Å²) in [6, 6.07) is 10.2. The highest BCUT2D eigenvalue weighted by molar-refractivity contribution is 7.92. The first-order valence-corrected chi connectivity index (χ1v) is 9.79. The van der Waals surface area contributed by atoms with Crippen molar-refractivity contribution in [1.82, 2.24) is 5.32 Å². The Morgan fingerprint density at radius 2 is 1.68 bits per heavy atom. The van der Waals surface area contributed by atoms with Crippen LogP contribution < -0.4 is 10.0 Å². The fourth-order valence-electron chi connectivity index (χ4n) is 1.95. The van der Waals surface area contributed by atoms with Gasteiger partial charge in [0.05, 0.1) is 14.9 Å². The molecule has 5 nitrogen and oxygen atoms in total. The Bertz CT molecular complexity index is 866. The molecule has 0 fully saturated rings. The van der Waals surface area contributed by atoms with Crippen molar-refractivity contribution in [3.8, 4) is 0 Å². The van der Waals surface area contributed by atoms with Crippen molar-refractivity contribution in [2.45, 2.75) is 18.7 Å². The molecule has 0 bridgehead atoms. The van der Waals surface area contributed by atoms with E-state index in [9.17, 15) is 13.2 Å². The van der Waals surface area contributed by atoms with Crippen molar-refractivity contribution in [2.75, 3.05) is 11.3 Å². The second-order valence-electron chi connectivity index (χ2n) is 5.86. The summed E-state index contributed by atoms with van der Waals surface area (Å²) in [5.74, 6) is 0.147. The molecule has 0 saturated heterocycles. The molecule has 2 aromatic carbocycles. The van der Waals surface area contributed by atoms with E-state index in [0.29, 0.717) is 23.7 Å². The minimum absolute atomic E-state index is 0.000605. The first kappa shape index (κ1) is 19.6. The molecule has 0 atom stereocenters. The van der Waals surface area contributed by atoms with Crippen LogP contribution in [0.5, 0.6) is 0 Å². The van der Waals surface area contributed by atoms with Crippen LogP contribution in [-0.4, -0.2) is 20.9 Å². The topological polar surface area (TPSA) is 75.3 Å². The van der Waals surface area contributed by atoms with E-state index >= 15 is 0 Å². The summed E-state index contributed by atoms with van der Waals surface area (Å²) in [6.45, 7) is 4.58. The molecule has 0 aromatic heterocycles. The van der Waals surface area contributed by atoms with Crippen LogP contribution in [0.25, 0.3) is 0 Å². The lowest BCUT2D eigenvalue weighted by Crippen LogP contribution is -2.27. The molecule has 0 aliphatic rings. The molecule has 0 spiro atoms. The Hall–Kier alpha value is -1.76. The van der Waals surface area contributed by atoms with E-state index in [2.05, 4.69) is 10.0 Å². The normalized spacial score (nSPS) is 11.4. The standard InChI is InChI=1S/C17H18Cl2N2O3S/c1-11(2)10-20-17(22)12-3-5-13(6-4-12)21-25(23,24)14-7-8-15(18)16(19)9-14/h3-9,11,21H,10H2,1-2H3,(H,20,22). The fourth-order valence-corrected chi connectivity index (χ4v) is 3.39. The van der Waals surface area contributed by atoms with Crippen molar-refractivity contribution in [1.29, 1.82) is 0 Å². The maximum Gasteiger partial charge on any atom is 0.261 e. The summed E-state index contributed by atoms with van der Waals surface area (Å²) < 4.78 is 27.2. The predicted octanol–water partition coefficient (Wildman–Crippen LogP) is 4.18. The van der Waals surface area contributed by atoms with E-state index in [0.717, 1.165) is 0 Å². The Labute approximate surface area is 157 Å². The average molecular weight is 401 g/mol. The number of carbonyl (C=O) groups is 1. The third kappa shape index (κ3) is 5.36. The van der Waals surface area contributed by atoms with Crippen LogP contribution in [0.1, 0.15) is 24.2 Å². The molecule has 2 rings (SSSR count). The van der Waals surface area contributed by atoms with Gasteiger partial charge < -0.3 is 5.32 Å². The van der Waals surface area contributed by atoms with Gasteiger partial charge in [0.1, 0.15) is 0 Å². The first-order chi connectivity index (χ1) is 11.7. The van der Waals surface area contributed by atoms with E-state index in [-0.39, 0.29) is 20.8 Å². The van der Waals surface area contributed by atoms with E-state index in [1.807, 2.05) is 13.8 Å². The van der Waals surface area contributed by atoms with Gasteiger partial charge in [-0.25, -0.2) is 8.42 Å². The Morgan fingerprint density at radius 3 is 2.24 bits per heavy atom. The van der Waals surface area contributed by atoms with Gasteiger partial charge in [0, 0.05) is 17.8 Å². The van der Waals surface area contributed by atoms with Gasteiger partial charge >= 0.3 is 0 Å². The number of amides is 1. The Morgan fingerprint density at radius 1 is 1.04 bits per heavy atom. The first-order valence-electron chi connectivity index (χ1n) is 7.55. The van der Waals surface area contributed by atoms with Crippen LogP contribution in [0.2, 0.25) is 10.0 Å². The number of rotatable bonds is 6. The molecule has 1 amide bonds. The zero-order chi connectivity index (χ0) is 18.6. The van der Waals surface area contributed by atoms with E-state index in [1.54, 1.807) is 12.1 Å². The molecule has 2 N–H and O–H groups in total. The second-order valence-corrected chi connectivity index (χ2v) is 8.36. The van der Waals surface area contributed by atoms with Gasteiger partial charge in [0.25, 0.3) is 15.9 Å². The summed E-state index contributed by atoms with van der Waals surface area (Å²) in [5.41, 5.74) is 0.796. The van der Waals surface area contributed by atoms with Crippen LogP contribution in [0.15, 0.2) is 47.4 Å². The zero-order valence-electron chi connectivity index (χ0n) is 13.7. The highest BCUT2D eigenvalue weighted by Gasteiger charge is 2.16. The van der Waals surface area contributed by atoms with Gasteiger partial charge in [-0.3, -0.25) is 9.52 Å².